The number of benzene rings is 1. The zero-order valence-corrected chi connectivity index (χ0v) is 9.88. The predicted octanol–water partition coefficient (Wildman–Crippen LogP) is 1.24. The van der Waals surface area contributed by atoms with Crippen molar-refractivity contribution in [1.82, 2.24) is 0 Å². The fourth-order valence-corrected chi connectivity index (χ4v) is 1.64. The van der Waals surface area contributed by atoms with Gasteiger partial charge in [-0.25, -0.2) is 9.59 Å². The molecule has 98 valence electrons. The van der Waals surface area contributed by atoms with Crippen LogP contribution in [0.4, 0.5) is 0 Å². The summed E-state index contributed by atoms with van der Waals surface area (Å²) >= 11 is 0. The quantitative estimate of drug-likeness (QED) is 0.516. The molecule has 2 heterocycles. The molecule has 1 fully saturated rings. The molecule has 0 amide bonds. The molecule has 6 nitrogen and oxygen atoms in total. The minimum Gasteiger partial charge on any atom is -0.393 e. The smallest absolute Gasteiger partial charge is 0.346 e. The average Bonchev–Trinajstić information content (AvgIpc) is 2.66. The molecule has 1 aromatic carbocycles. The third-order valence-electron chi connectivity index (χ3n) is 2.54. The Bertz CT molecular complexity index is 513. The van der Waals surface area contributed by atoms with E-state index in [4.69, 9.17) is 0 Å². The minimum absolute atomic E-state index is 0.359. The average molecular weight is 262 g/mol. The van der Waals surface area contributed by atoms with Crippen LogP contribution in [0, 0.1) is 0 Å². The van der Waals surface area contributed by atoms with Crippen LogP contribution >= 0.6 is 0 Å². The van der Waals surface area contributed by atoms with E-state index in [1.54, 1.807) is 24.3 Å². The van der Waals surface area contributed by atoms with E-state index in [0.717, 1.165) is 0 Å². The summed E-state index contributed by atoms with van der Waals surface area (Å²) in [5.74, 6) is -1.88. The van der Waals surface area contributed by atoms with Gasteiger partial charge in [0.15, 0.2) is 0 Å². The second-order valence-electron chi connectivity index (χ2n) is 3.92. The fraction of sp³-hybridized carbons (Fsp3) is 0.231. The van der Waals surface area contributed by atoms with E-state index < -0.39 is 11.9 Å². The van der Waals surface area contributed by atoms with E-state index in [9.17, 15) is 19.2 Å². The second kappa shape index (κ2) is 5.43. The fourth-order valence-electron chi connectivity index (χ4n) is 1.64. The van der Waals surface area contributed by atoms with E-state index in [0.29, 0.717) is 30.4 Å². The Morgan fingerprint density at radius 3 is 1.58 bits per heavy atom. The topological polar surface area (TPSA) is 86.7 Å². The van der Waals surface area contributed by atoms with Gasteiger partial charge in [0.05, 0.1) is 11.1 Å². The molecule has 0 spiro atoms. The van der Waals surface area contributed by atoms with Gasteiger partial charge in [0.2, 0.25) is 0 Å². The number of carbonyl (C=O) groups is 4. The van der Waals surface area contributed by atoms with Crippen molar-refractivity contribution >= 4 is 23.9 Å². The summed E-state index contributed by atoms with van der Waals surface area (Å²) in [6.07, 6.45) is 1.44. The molecule has 1 saturated heterocycles. The molecular formula is C13H10O6. The van der Waals surface area contributed by atoms with E-state index in [2.05, 4.69) is 9.47 Å². The van der Waals surface area contributed by atoms with Crippen molar-refractivity contribution in [2.45, 2.75) is 19.3 Å². The summed E-state index contributed by atoms with van der Waals surface area (Å²) < 4.78 is 8.56. The van der Waals surface area contributed by atoms with Crippen LogP contribution in [0.2, 0.25) is 0 Å². The van der Waals surface area contributed by atoms with Crippen LogP contribution in [0.15, 0.2) is 24.3 Å². The Morgan fingerprint density at radius 2 is 1.21 bits per heavy atom. The van der Waals surface area contributed by atoms with Crippen molar-refractivity contribution in [2.75, 3.05) is 0 Å². The van der Waals surface area contributed by atoms with Crippen molar-refractivity contribution in [3.05, 3.63) is 35.4 Å². The summed E-state index contributed by atoms with van der Waals surface area (Å²) in [6, 6.07) is 6.53. The molecule has 19 heavy (non-hydrogen) atoms. The molecule has 0 aliphatic carbocycles. The van der Waals surface area contributed by atoms with Crippen molar-refractivity contribution in [2.24, 2.45) is 0 Å². The maximum absolute atomic E-state index is 10.8. The Hall–Kier alpha value is -2.50. The highest BCUT2D eigenvalue weighted by molar-refractivity contribution is 6.14. The number of fused-ring (bicyclic) bond motifs is 1. The minimum atomic E-state index is -0.550. The van der Waals surface area contributed by atoms with Gasteiger partial charge in [0, 0.05) is 12.8 Å². The van der Waals surface area contributed by atoms with Gasteiger partial charge in [-0.2, -0.15) is 0 Å². The van der Waals surface area contributed by atoms with Crippen molar-refractivity contribution in [1.29, 1.82) is 0 Å². The molecule has 2 aliphatic rings. The third-order valence-corrected chi connectivity index (χ3v) is 2.54. The number of hydrogen-bond acceptors (Lipinski definition) is 6. The van der Waals surface area contributed by atoms with Crippen LogP contribution in [-0.2, 0) is 19.1 Å². The lowest BCUT2D eigenvalue weighted by Gasteiger charge is -2.06. The molecule has 0 saturated carbocycles. The molecule has 0 unspecified atom stereocenters. The van der Waals surface area contributed by atoms with Gasteiger partial charge in [0.1, 0.15) is 0 Å². The number of rotatable bonds is 0. The largest absolute Gasteiger partial charge is 0.393 e. The number of esters is 4. The lowest BCUT2D eigenvalue weighted by Crippen LogP contribution is -2.17. The molecule has 0 N–H and O–H groups in total. The standard InChI is InChI=1S/C8H4O3.C5H6O3/c9-7-5-3-1-2-4-6(5)8(10)11-7;6-4-2-1-3-5(7)8-4/h1-4H;1-3H2. The summed E-state index contributed by atoms with van der Waals surface area (Å²) in [5.41, 5.74) is 0.718. The molecule has 0 atom stereocenters. The van der Waals surface area contributed by atoms with Crippen LogP contribution in [-0.4, -0.2) is 23.9 Å². The predicted molar refractivity (Wildman–Crippen MR) is 61.1 cm³/mol. The third kappa shape index (κ3) is 3.04. The first kappa shape index (κ1) is 12.9. The van der Waals surface area contributed by atoms with Crippen LogP contribution in [0.3, 0.4) is 0 Å². The molecule has 0 radical (unpaired) electrons. The van der Waals surface area contributed by atoms with Crippen molar-refractivity contribution < 1.29 is 28.7 Å². The number of ether oxygens (including phenoxy) is 2. The highest BCUT2D eigenvalue weighted by Gasteiger charge is 2.28. The molecule has 3 rings (SSSR count). The lowest BCUT2D eigenvalue weighted by molar-refractivity contribution is -0.163. The van der Waals surface area contributed by atoms with Gasteiger partial charge in [-0.15, -0.1) is 0 Å². The SMILES string of the molecule is O=C1CCCC(=O)O1.O=C1OC(=O)c2ccccc21. The molecule has 2 aliphatic heterocycles. The van der Waals surface area contributed by atoms with Crippen molar-refractivity contribution in [3.63, 3.8) is 0 Å². The summed E-state index contributed by atoms with van der Waals surface area (Å²) in [7, 11) is 0. The zero-order valence-electron chi connectivity index (χ0n) is 9.88. The summed E-state index contributed by atoms with van der Waals surface area (Å²) in [5, 5.41) is 0. The first-order chi connectivity index (χ1) is 9.08. The van der Waals surface area contributed by atoms with Gasteiger partial charge in [-0.1, -0.05) is 12.1 Å². The number of hydrogen-bond donors (Lipinski definition) is 0. The van der Waals surface area contributed by atoms with Crippen LogP contribution < -0.4 is 0 Å². The summed E-state index contributed by atoms with van der Waals surface area (Å²) in [6.45, 7) is 0. The van der Waals surface area contributed by atoms with E-state index >= 15 is 0 Å². The normalized spacial score (nSPS) is 17.1. The molecule has 6 heteroatoms. The Balaban J connectivity index is 0.000000148. The van der Waals surface area contributed by atoms with Gasteiger partial charge < -0.3 is 9.47 Å². The van der Waals surface area contributed by atoms with Gasteiger partial charge in [0.25, 0.3) is 0 Å². The maximum atomic E-state index is 10.8. The first-order valence-corrected chi connectivity index (χ1v) is 5.67. The molecule has 0 aromatic heterocycles. The van der Waals surface area contributed by atoms with Crippen LogP contribution in [0.1, 0.15) is 40.0 Å². The molecule has 0 bridgehead atoms. The summed E-state index contributed by atoms with van der Waals surface area (Å²) in [4.78, 5) is 42.1. The van der Waals surface area contributed by atoms with Crippen molar-refractivity contribution in [3.8, 4) is 0 Å². The van der Waals surface area contributed by atoms with Gasteiger partial charge >= 0.3 is 23.9 Å². The highest BCUT2D eigenvalue weighted by Crippen LogP contribution is 2.18. The van der Waals surface area contributed by atoms with Crippen LogP contribution in [0.25, 0.3) is 0 Å². The lowest BCUT2D eigenvalue weighted by atomic mass is 10.1. The maximum Gasteiger partial charge on any atom is 0.346 e. The Labute approximate surface area is 108 Å². The molecular weight excluding hydrogens is 252 g/mol. The van der Waals surface area contributed by atoms with E-state index in [1.165, 1.54) is 0 Å². The van der Waals surface area contributed by atoms with Gasteiger partial charge in [-0.3, -0.25) is 9.59 Å². The molecule has 1 aromatic rings. The number of cyclic esters (lactones) is 4. The number of carbonyl (C=O) groups excluding carboxylic acids is 4. The van der Waals surface area contributed by atoms with Gasteiger partial charge in [-0.05, 0) is 18.6 Å². The van der Waals surface area contributed by atoms with E-state index in [-0.39, 0.29) is 11.9 Å². The first-order valence-electron chi connectivity index (χ1n) is 5.67. The zero-order chi connectivity index (χ0) is 13.8. The van der Waals surface area contributed by atoms with E-state index in [1.807, 2.05) is 0 Å². The second-order valence-corrected chi connectivity index (χ2v) is 3.92. The monoisotopic (exact) mass is 262 g/mol. The Morgan fingerprint density at radius 1 is 0.737 bits per heavy atom. The Kier molecular flexibility index (Phi) is 3.70. The highest BCUT2D eigenvalue weighted by atomic mass is 16.6. The van der Waals surface area contributed by atoms with Crippen LogP contribution in [0.5, 0.6) is 0 Å².